The molecule has 0 fully saturated rings. The molecule has 0 spiro atoms. The first-order chi connectivity index (χ1) is 15.8. The summed E-state index contributed by atoms with van der Waals surface area (Å²) in [5.74, 6) is -0.881. The Bertz CT molecular complexity index is 1220. The number of benzene rings is 1. The Labute approximate surface area is 197 Å². The van der Waals surface area contributed by atoms with Gasteiger partial charge in [-0.1, -0.05) is 25.1 Å². The monoisotopic (exact) mass is 462 g/mol. The van der Waals surface area contributed by atoms with E-state index in [2.05, 4.69) is 16.5 Å². The molecule has 3 rings (SSSR count). The molecule has 2 heterocycles. The first-order valence-corrected chi connectivity index (χ1v) is 11.5. The summed E-state index contributed by atoms with van der Waals surface area (Å²) in [5.41, 5.74) is 4.04. The van der Waals surface area contributed by atoms with Crippen molar-refractivity contribution in [3.8, 4) is 6.07 Å². The second-order valence-corrected chi connectivity index (χ2v) is 8.37. The fourth-order valence-electron chi connectivity index (χ4n) is 3.52. The maximum absolute atomic E-state index is 12.5. The van der Waals surface area contributed by atoms with E-state index in [1.54, 1.807) is 11.5 Å². The molecule has 0 aliphatic heterocycles. The summed E-state index contributed by atoms with van der Waals surface area (Å²) in [6, 6.07) is 13.1. The number of para-hydroxylation sites is 1. The van der Waals surface area contributed by atoms with Crippen LogP contribution in [0.5, 0.6) is 0 Å². The standard InChI is InChI=1S/C25H26N4O3S/c1-5-11-28-17(2)12-20(18(28)3)13-21(14-26)24(31)32-15-22-16-33-25(27-22)29(19(4)30)23-9-7-6-8-10-23/h6-10,12-13,16H,5,11,15H2,1-4H3/b21-13+. The van der Waals surface area contributed by atoms with Crippen LogP contribution >= 0.6 is 11.3 Å². The molecule has 0 bridgehead atoms. The minimum atomic E-state index is -0.709. The molecule has 0 atom stereocenters. The van der Waals surface area contributed by atoms with Crippen LogP contribution in [0.15, 0.2) is 47.4 Å². The summed E-state index contributed by atoms with van der Waals surface area (Å²) >= 11 is 1.28. The van der Waals surface area contributed by atoms with Crippen molar-refractivity contribution in [3.63, 3.8) is 0 Å². The molecule has 0 aliphatic rings. The topological polar surface area (TPSA) is 88.2 Å². The molecule has 2 aromatic heterocycles. The number of carbonyl (C=O) groups excluding carboxylic acids is 2. The van der Waals surface area contributed by atoms with Gasteiger partial charge >= 0.3 is 5.97 Å². The van der Waals surface area contributed by atoms with E-state index >= 15 is 0 Å². The molecule has 0 N–H and O–H groups in total. The maximum atomic E-state index is 12.5. The largest absolute Gasteiger partial charge is 0.455 e. The number of aryl methyl sites for hydroxylation is 1. The number of amides is 1. The van der Waals surface area contributed by atoms with Gasteiger partial charge in [0, 0.05) is 30.2 Å². The molecule has 0 radical (unpaired) electrons. The zero-order valence-corrected chi connectivity index (χ0v) is 20.0. The van der Waals surface area contributed by atoms with Crippen LogP contribution in [0.4, 0.5) is 10.8 Å². The Morgan fingerprint density at radius 2 is 2.00 bits per heavy atom. The van der Waals surface area contributed by atoms with Crippen molar-refractivity contribution in [3.05, 3.63) is 70.0 Å². The highest BCUT2D eigenvalue weighted by atomic mass is 32.1. The average molecular weight is 463 g/mol. The van der Waals surface area contributed by atoms with Crippen LogP contribution in [0.25, 0.3) is 6.08 Å². The smallest absolute Gasteiger partial charge is 0.349 e. The lowest BCUT2D eigenvalue weighted by Crippen LogP contribution is -2.22. The van der Waals surface area contributed by atoms with Crippen LogP contribution in [0.2, 0.25) is 0 Å². The van der Waals surface area contributed by atoms with E-state index in [4.69, 9.17) is 4.74 Å². The van der Waals surface area contributed by atoms with Gasteiger partial charge in [-0.2, -0.15) is 5.26 Å². The normalized spacial score (nSPS) is 11.2. The van der Waals surface area contributed by atoms with Crippen molar-refractivity contribution in [1.29, 1.82) is 5.26 Å². The average Bonchev–Trinajstić information content (AvgIpc) is 3.36. The third kappa shape index (κ3) is 5.57. The molecule has 1 aromatic carbocycles. The second-order valence-electron chi connectivity index (χ2n) is 7.54. The molecular formula is C25H26N4O3S. The number of hydrogen-bond donors (Lipinski definition) is 0. The molecular weight excluding hydrogens is 436 g/mol. The summed E-state index contributed by atoms with van der Waals surface area (Å²) in [5, 5.41) is 11.7. The van der Waals surface area contributed by atoms with E-state index in [1.165, 1.54) is 23.2 Å². The summed E-state index contributed by atoms with van der Waals surface area (Å²) in [4.78, 5) is 30.7. The number of rotatable bonds is 8. The third-order valence-electron chi connectivity index (χ3n) is 5.11. The Morgan fingerprint density at radius 1 is 1.27 bits per heavy atom. The zero-order chi connectivity index (χ0) is 24.0. The van der Waals surface area contributed by atoms with Crippen molar-refractivity contribution in [1.82, 2.24) is 9.55 Å². The van der Waals surface area contributed by atoms with Gasteiger partial charge in [0.05, 0.1) is 11.4 Å². The van der Waals surface area contributed by atoms with Crippen LogP contribution in [-0.2, 0) is 27.5 Å². The van der Waals surface area contributed by atoms with Crippen molar-refractivity contribution in [2.75, 3.05) is 4.90 Å². The summed E-state index contributed by atoms with van der Waals surface area (Å²) in [6.07, 6.45) is 2.56. The maximum Gasteiger partial charge on any atom is 0.349 e. The highest BCUT2D eigenvalue weighted by Crippen LogP contribution is 2.29. The molecule has 170 valence electrons. The highest BCUT2D eigenvalue weighted by Gasteiger charge is 2.19. The van der Waals surface area contributed by atoms with Crippen LogP contribution in [0, 0.1) is 25.2 Å². The summed E-state index contributed by atoms with van der Waals surface area (Å²) < 4.78 is 7.50. The van der Waals surface area contributed by atoms with E-state index in [0.29, 0.717) is 16.5 Å². The lowest BCUT2D eigenvalue weighted by molar-refractivity contribution is -0.139. The number of carbonyl (C=O) groups is 2. The van der Waals surface area contributed by atoms with Crippen molar-refractivity contribution < 1.29 is 14.3 Å². The van der Waals surface area contributed by atoms with Gasteiger partial charge < -0.3 is 9.30 Å². The molecule has 33 heavy (non-hydrogen) atoms. The molecule has 3 aromatic rings. The van der Waals surface area contributed by atoms with Gasteiger partial charge in [-0.3, -0.25) is 9.69 Å². The second kappa shape index (κ2) is 10.7. The Kier molecular flexibility index (Phi) is 7.80. The van der Waals surface area contributed by atoms with Gasteiger partial charge in [0.15, 0.2) is 5.13 Å². The first-order valence-electron chi connectivity index (χ1n) is 10.6. The first kappa shape index (κ1) is 24.0. The van der Waals surface area contributed by atoms with Crippen molar-refractivity contribution in [2.24, 2.45) is 0 Å². The number of nitrogens with zero attached hydrogens (tertiary/aromatic N) is 4. The highest BCUT2D eigenvalue weighted by molar-refractivity contribution is 7.14. The van der Waals surface area contributed by atoms with Gasteiger partial charge in [0.1, 0.15) is 18.2 Å². The fraction of sp³-hybridized carbons (Fsp3) is 0.280. The number of hydrogen-bond acceptors (Lipinski definition) is 6. The SMILES string of the molecule is CCCn1c(C)cc(/C=C(\C#N)C(=O)OCc2csc(N(C(C)=O)c3ccccc3)n2)c1C. The lowest BCUT2D eigenvalue weighted by Gasteiger charge is -2.17. The van der Waals surface area contributed by atoms with Gasteiger partial charge in [0.25, 0.3) is 0 Å². The van der Waals surface area contributed by atoms with Crippen LogP contribution in [0.3, 0.4) is 0 Å². The number of anilines is 2. The molecule has 0 unspecified atom stereocenters. The van der Waals surface area contributed by atoms with Gasteiger partial charge in [0.2, 0.25) is 5.91 Å². The summed E-state index contributed by atoms with van der Waals surface area (Å²) in [6.45, 7) is 8.33. The van der Waals surface area contributed by atoms with Crippen LogP contribution in [0.1, 0.15) is 42.9 Å². The van der Waals surface area contributed by atoms with Crippen molar-refractivity contribution in [2.45, 2.75) is 47.3 Å². The minimum absolute atomic E-state index is 0.0724. The van der Waals surface area contributed by atoms with Gasteiger partial charge in [-0.05, 0) is 50.1 Å². The molecule has 0 aliphatic carbocycles. The lowest BCUT2D eigenvalue weighted by atomic mass is 10.1. The van der Waals surface area contributed by atoms with E-state index < -0.39 is 5.97 Å². The number of aromatic nitrogens is 2. The van der Waals surface area contributed by atoms with Crippen LogP contribution < -0.4 is 4.90 Å². The van der Waals surface area contributed by atoms with E-state index in [1.807, 2.05) is 56.3 Å². The quantitative estimate of drug-likeness (QED) is 0.257. The molecule has 8 heteroatoms. The number of thiazole rings is 1. The zero-order valence-electron chi connectivity index (χ0n) is 19.2. The van der Waals surface area contributed by atoms with Crippen LogP contribution in [-0.4, -0.2) is 21.4 Å². The summed E-state index contributed by atoms with van der Waals surface area (Å²) in [7, 11) is 0. The molecule has 1 amide bonds. The molecule has 7 nitrogen and oxygen atoms in total. The van der Waals surface area contributed by atoms with Gasteiger partial charge in [-0.15, -0.1) is 11.3 Å². The Morgan fingerprint density at radius 3 is 2.64 bits per heavy atom. The Balaban J connectivity index is 1.72. The van der Waals surface area contributed by atoms with Gasteiger partial charge in [-0.25, -0.2) is 9.78 Å². The molecule has 0 saturated carbocycles. The van der Waals surface area contributed by atoms with E-state index in [0.717, 1.165) is 29.9 Å². The van der Waals surface area contributed by atoms with E-state index in [9.17, 15) is 14.9 Å². The third-order valence-corrected chi connectivity index (χ3v) is 5.99. The number of nitriles is 1. The predicted octanol–water partition coefficient (Wildman–Crippen LogP) is 5.31. The molecule has 0 saturated heterocycles. The number of ether oxygens (including phenoxy) is 1. The van der Waals surface area contributed by atoms with Crippen molar-refractivity contribution >= 4 is 40.1 Å². The Hall–Kier alpha value is -3.70. The predicted molar refractivity (Wildman–Crippen MR) is 129 cm³/mol. The number of esters is 1. The minimum Gasteiger partial charge on any atom is -0.455 e. The fourth-order valence-corrected chi connectivity index (χ4v) is 4.39. The van der Waals surface area contributed by atoms with E-state index in [-0.39, 0.29) is 18.1 Å².